The number of fused-ring (bicyclic) bond motifs is 1. The molecule has 3 aromatic rings. The van der Waals surface area contributed by atoms with E-state index < -0.39 is 0 Å². The van der Waals surface area contributed by atoms with Crippen molar-refractivity contribution in [2.24, 2.45) is 0 Å². The van der Waals surface area contributed by atoms with Crippen molar-refractivity contribution in [3.05, 3.63) is 63.6 Å². The Morgan fingerprint density at radius 1 is 1.24 bits per heavy atom. The number of hydrogen-bond donors (Lipinski definition) is 1. The smallest absolute Gasteiger partial charge is 0.220 e. The molecule has 0 saturated carbocycles. The summed E-state index contributed by atoms with van der Waals surface area (Å²) in [4.78, 5) is 16.8. The Balaban J connectivity index is 1.66. The van der Waals surface area contributed by atoms with E-state index in [9.17, 15) is 4.79 Å². The predicted molar refractivity (Wildman–Crippen MR) is 98.8 cm³/mol. The number of carbonyl (C=O) groups is 1. The van der Waals surface area contributed by atoms with Crippen LogP contribution in [-0.2, 0) is 17.8 Å². The Morgan fingerprint density at radius 2 is 2.00 bits per heavy atom. The maximum absolute atomic E-state index is 12.2. The molecule has 0 aliphatic heterocycles. The lowest BCUT2D eigenvalue weighted by atomic mass is 10.1. The van der Waals surface area contributed by atoms with Crippen molar-refractivity contribution >= 4 is 23.2 Å². The van der Waals surface area contributed by atoms with Gasteiger partial charge in [-0.25, -0.2) is 9.50 Å². The molecule has 2 aromatic heterocycles. The number of hydrogen-bond acceptors (Lipinski definition) is 3. The fourth-order valence-corrected chi connectivity index (χ4v) is 3.17. The second kappa shape index (κ2) is 7.23. The highest BCUT2D eigenvalue weighted by atomic mass is 35.5. The molecule has 0 aliphatic carbocycles. The lowest BCUT2D eigenvalue weighted by molar-refractivity contribution is -0.121. The maximum Gasteiger partial charge on any atom is 0.220 e. The fourth-order valence-electron chi connectivity index (χ4n) is 2.97. The van der Waals surface area contributed by atoms with Gasteiger partial charge < -0.3 is 5.32 Å². The highest BCUT2D eigenvalue weighted by molar-refractivity contribution is 6.31. The first kappa shape index (κ1) is 17.4. The number of halogens is 1. The summed E-state index contributed by atoms with van der Waals surface area (Å²) >= 11 is 6.11. The predicted octanol–water partition coefficient (Wildman–Crippen LogP) is 3.56. The highest BCUT2D eigenvalue weighted by Crippen LogP contribution is 2.17. The van der Waals surface area contributed by atoms with E-state index in [0.29, 0.717) is 24.4 Å². The first-order valence-corrected chi connectivity index (χ1v) is 8.66. The molecule has 6 heteroatoms. The van der Waals surface area contributed by atoms with E-state index in [4.69, 9.17) is 11.6 Å². The summed E-state index contributed by atoms with van der Waals surface area (Å²) in [6, 6.07) is 9.48. The molecule has 1 amide bonds. The molecule has 130 valence electrons. The standard InChI is InChI=1S/C19H21ClN4O/c1-12-10-18-22-13(2)16(14(3)24(18)23-12)8-9-19(25)21-11-15-6-4-5-7-17(15)20/h4-7,10H,8-9,11H2,1-3H3,(H,21,25). The number of aromatic nitrogens is 3. The fraction of sp³-hybridized carbons (Fsp3) is 0.316. The van der Waals surface area contributed by atoms with E-state index in [2.05, 4.69) is 15.4 Å². The number of amides is 1. The van der Waals surface area contributed by atoms with Crippen molar-refractivity contribution in [2.45, 2.75) is 40.2 Å². The summed E-state index contributed by atoms with van der Waals surface area (Å²) in [5, 5.41) is 8.06. The third-order valence-electron chi connectivity index (χ3n) is 4.32. The third-order valence-corrected chi connectivity index (χ3v) is 4.69. The van der Waals surface area contributed by atoms with Crippen LogP contribution in [0.5, 0.6) is 0 Å². The van der Waals surface area contributed by atoms with E-state index in [1.807, 2.05) is 55.6 Å². The van der Waals surface area contributed by atoms with Gasteiger partial charge in [-0.1, -0.05) is 29.8 Å². The zero-order chi connectivity index (χ0) is 18.0. The summed E-state index contributed by atoms with van der Waals surface area (Å²) in [6.07, 6.45) is 1.04. The SMILES string of the molecule is Cc1cc2nc(C)c(CCC(=O)NCc3ccccc3Cl)c(C)n2n1. The van der Waals surface area contributed by atoms with Crippen molar-refractivity contribution in [3.8, 4) is 0 Å². The second-order valence-corrected chi connectivity index (χ2v) is 6.59. The van der Waals surface area contributed by atoms with Crippen LogP contribution < -0.4 is 5.32 Å². The summed E-state index contributed by atoms with van der Waals surface area (Å²) in [5.41, 5.74) is 5.76. The van der Waals surface area contributed by atoms with Crippen molar-refractivity contribution < 1.29 is 4.79 Å². The van der Waals surface area contributed by atoms with E-state index in [-0.39, 0.29) is 5.91 Å². The van der Waals surface area contributed by atoms with Gasteiger partial charge in [0.1, 0.15) is 0 Å². The van der Waals surface area contributed by atoms with Crippen molar-refractivity contribution in [1.29, 1.82) is 0 Å². The molecule has 1 aromatic carbocycles. The number of benzene rings is 1. The van der Waals surface area contributed by atoms with Gasteiger partial charge in [-0.05, 0) is 44.4 Å². The molecule has 0 spiro atoms. The molecule has 0 aliphatic rings. The van der Waals surface area contributed by atoms with Crippen LogP contribution in [0.3, 0.4) is 0 Å². The van der Waals surface area contributed by atoms with Crippen LogP contribution in [0, 0.1) is 20.8 Å². The molecule has 5 nitrogen and oxygen atoms in total. The van der Waals surface area contributed by atoms with Gasteiger partial charge in [0.05, 0.1) is 5.69 Å². The van der Waals surface area contributed by atoms with Crippen LogP contribution in [-0.4, -0.2) is 20.5 Å². The molecule has 0 unspecified atom stereocenters. The van der Waals surface area contributed by atoms with Gasteiger partial charge in [-0.2, -0.15) is 5.10 Å². The monoisotopic (exact) mass is 356 g/mol. The molecule has 0 atom stereocenters. The van der Waals surface area contributed by atoms with Crippen LogP contribution in [0.1, 0.15) is 34.6 Å². The van der Waals surface area contributed by atoms with E-state index in [1.54, 1.807) is 0 Å². The molecule has 3 rings (SSSR count). The number of carbonyl (C=O) groups excluding carboxylic acids is 1. The van der Waals surface area contributed by atoms with Crippen LogP contribution >= 0.6 is 11.6 Å². The molecule has 2 heterocycles. The third kappa shape index (κ3) is 3.82. The van der Waals surface area contributed by atoms with Gasteiger partial charge in [0, 0.05) is 35.4 Å². The van der Waals surface area contributed by atoms with Crippen LogP contribution in [0.4, 0.5) is 0 Å². The van der Waals surface area contributed by atoms with Crippen LogP contribution in [0.15, 0.2) is 30.3 Å². The minimum Gasteiger partial charge on any atom is -0.352 e. The van der Waals surface area contributed by atoms with Gasteiger partial charge in [-0.3, -0.25) is 4.79 Å². The van der Waals surface area contributed by atoms with E-state index >= 15 is 0 Å². The lowest BCUT2D eigenvalue weighted by Gasteiger charge is -2.11. The number of aryl methyl sites for hydroxylation is 3. The van der Waals surface area contributed by atoms with Gasteiger partial charge in [0.15, 0.2) is 5.65 Å². The normalized spacial score (nSPS) is 11.0. The number of nitrogens with zero attached hydrogens (tertiary/aromatic N) is 3. The summed E-state index contributed by atoms with van der Waals surface area (Å²) in [7, 11) is 0. The molecule has 0 radical (unpaired) electrons. The summed E-state index contributed by atoms with van der Waals surface area (Å²) < 4.78 is 1.85. The van der Waals surface area contributed by atoms with Crippen molar-refractivity contribution in [1.82, 2.24) is 19.9 Å². The molecule has 25 heavy (non-hydrogen) atoms. The Labute approximate surface area is 152 Å². The topological polar surface area (TPSA) is 59.3 Å². The zero-order valence-corrected chi connectivity index (χ0v) is 15.4. The number of rotatable bonds is 5. The van der Waals surface area contributed by atoms with Crippen LogP contribution in [0.2, 0.25) is 5.02 Å². The average Bonchev–Trinajstić information content (AvgIpc) is 2.94. The Morgan fingerprint density at radius 3 is 2.76 bits per heavy atom. The van der Waals surface area contributed by atoms with Crippen molar-refractivity contribution in [3.63, 3.8) is 0 Å². The first-order chi connectivity index (χ1) is 12.0. The average molecular weight is 357 g/mol. The maximum atomic E-state index is 12.2. The van der Waals surface area contributed by atoms with E-state index in [0.717, 1.165) is 33.9 Å². The Bertz CT molecular complexity index is 933. The van der Waals surface area contributed by atoms with Gasteiger partial charge >= 0.3 is 0 Å². The Kier molecular flexibility index (Phi) is 5.04. The largest absolute Gasteiger partial charge is 0.352 e. The summed E-state index contributed by atoms with van der Waals surface area (Å²) in [5.74, 6) is -0.00420. The minimum atomic E-state index is -0.00420. The molecule has 0 bridgehead atoms. The quantitative estimate of drug-likeness (QED) is 0.760. The van der Waals surface area contributed by atoms with E-state index in [1.165, 1.54) is 0 Å². The van der Waals surface area contributed by atoms with Crippen LogP contribution in [0.25, 0.3) is 5.65 Å². The Hall–Kier alpha value is -2.40. The molecule has 1 N–H and O–H groups in total. The summed E-state index contributed by atoms with van der Waals surface area (Å²) in [6.45, 7) is 6.38. The molecular formula is C19H21ClN4O. The zero-order valence-electron chi connectivity index (χ0n) is 14.6. The van der Waals surface area contributed by atoms with Crippen molar-refractivity contribution in [2.75, 3.05) is 0 Å². The first-order valence-electron chi connectivity index (χ1n) is 8.28. The molecule has 0 fully saturated rings. The lowest BCUT2D eigenvalue weighted by Crippen LogP contribution is -2.23. The number of nitrogens with one attached hydrogen (secondary N) is 1. The van der Waals surface area contributed by atoms with Gasteiger partial charge in [0.25, 0.3) is 0 Å². The minimum absolute atomic E-state index is 0.00420. The van der Waals surface area contributed by atoms with Gasteiger partial charge in [0.2, 0.25) is 5.91 Å². The molecule has 0 saturated heterocycles. The highest BCUT2D eigenvalue weighted by Gasteiger charge is 2.13. The second-order valence-electron chi connectivity index (χ2n) is 6.19. The molecular weight excluding hydrogens is 336 g/mol. The van der Waals surface area contributed by atoms with Gasteiger partial charge in [-0.15, -0.1) is 0 Å².